The average molecular weight is 210 g/mol. The van der Waals surface area contributed by atoms with Crippen LogP contribution in [0.1, 0.15) is 11.6 Å². The average Bonchev–Trinajstić information content (AvgIpc) is 2.30. The molecule has 3 N–H and O–H groups in total. The highest BCUT2D eigenvalue weighted by Gasteiger charge is 2.08. The summed E-state index contributed by atoms with van der Waals surface area (Å²) >= 11 is 0. The molecule has 0 fully saturated rings. The number of ether oxygens (including phenoxy) is 2. The zero-order valence-corrected chi connectivity index (χ0v) is 8.98. The van der Waals surface area contributed by atoms with Gasteiger partial charge in [-0.25, -0.2) is 0 Å². The van der Waals surface area contributed by atoms with Crippen LogP contribution >= 0.6 is 0 Å². The Morgan fingerprint density at radius 2 is 2.00 bits per heavy atom. The van der Waals surface area contributed by atoms with Crippen LogP contribution in [0.4, 0.5) is 0 Å². The highest BCUT2D eigenvalue weighted by atomic mass is 16.5. The summed E-state index contributed by atoms with van der Waals surface area (Å²) in [6.45, 7) is 1.73. The molecule has 0 amide bonds. The zero-order valence-electron chi connectivity index (χ0n) is 8.98. The van der Waals surface area contributed by atoms with E-state index in [0.717, 1.165) is 5.56 Å². The van der Waals surface area contributed by atoms with Crippen molar-refractivity contribution in [2.45, 2.75) is 6.04 Å². The van der Waals surface area contributed by atoms with E-state index in [2.05, 4.69) is 5.43 Å². The predicted octanol–water partition coefficient (Wildman–Crippen LogP) is 0.854. The SMILES string of the molecule is COCCOCC(NN)c1ccccc1. The maximum absolute atomic E-state index is 5.46. The van der Waals surface area contributed by atoms with Crippen LogP contribution in [0.5, 0.6) is 0 Å². The van der Waals surface area contributed by atoms with Gasteiger partial charge in [-0.15, -0.1) is 0 Å². The van der Waals surface area contributed by atoms with Gasteiger partial charge < -0.3 is 9.47 Å². The van der Waals surface area contributed by atoms with Crippen LogP contribution in [-0.4, -0.2) is 26.9 Å². The first-order chi connectivity index (χ1) is 7.38. The first-order valence-electron chi connectivity index (χ1n) is 4.96. The normalized spacial score (nSPS) is 12.7. The van der Waals surface area contributed by atoms with Gasteiger partial charge in [0.15, 0.2) is 0 Å². The standard InChI is InChI=1S/C11H18N2O2/c1-14-7-8-15-9-11(13-12)10-5-3-2-4-6-10/h2-6,11,13H,7-9,12H2,1H3. The van der Waals surface area contributed by atoms with E-state index < -0.39 is 0 Å². The Balaban J connectivity index is 2.36. The highest BCUT2D eigenvalue weighted by molar-refractivity contribution is 5.18. The molecule has 0 aliphatic heterocycles. The Bertz CT molecular complexity index is 254. The fourth-order valence-electron chi connectivity index (χ4n) is 1.27. The van der Waals surface area contributed by atoms with Gasteiger partial charge in [0.1, 0.15) is 0 Å². The molecule has 15 heavy (non-hydrogen) atoms. The smallest absolute Gasteiger partial charge is 0.0701 e. The molecule has 0 bridgehead atoms. The van der Waals surface area contributed by atoms with Gasteiger partial charge in [-0.2, -0.15) is 0 Å². The van der Waals surface area contributed by atoms with Gasteiger partial charge >= 0.3 is 0 Å². The largest absolute Gasteiger partial charge is 0.382 e. The van der Waals surface area contributed by atoms with Crippen molar-refractivity contribution in [3.63, 3.8) is 0 Å². The number of hydrazine groups is 1. The molecule has 1 aromatic rings. The van der Waals surface area contributed by atoms with Crippen molar-refractivity contribution < 1.29 is 9.47 Å². The third-order valence-electron chi connectivity index (χ3n) is 2.12. The first-order valence-corrected chi connectivity index (χ1v) is 4.96. The minimum atomic E-state index is 0.0306. The van der Waals surface area contributed by atoms with Crippen LogP contribution in [0.2, 0.25) is 0 Å². The van der Waals surface area contributed by atoms with Crippen molar-refractivity contribution in [3.05, 3.63) is 35.9 Å². The van der Waals surface area contributed by atoms with E-state index in [4.69, 9.17) is 15.3 Å². The fraction of sp³-hybridized carbons (Fsp3) is 0.455. The van der Waals surface area contributed by atoms with Crippen molar-refractivity contribution in [2.24, 2.45) is 5.84 Å². The van der Waals surface area contributed by atoms with Crippen molar-refractivity contribution in [1.29, 1.82) is 0 Å². The molecule has 0 aliphatic carbocycles. The molecule has 0 saturated carbocycles. The maximum atomic E-state index is 5.46. The van der Waals surface area contributed by atoms with Crippen molar-refractivity contribution in [1.82, 2.24) is 5.43 Å². The minimum absolute atomic E-state index is 0.0306. The quantitative estimate of drug-likeness (QED) is 0.398. The summed E-state index contributed by atoms with van der Waals surface area (Å²) in [5, 5.41) is 0. The molecule has 4 nitrogen and oxygen atoms in total. The van der Waals surface area contributed by atoms with Crippen LogP contribution in [0, 0.1) is 0 Å². The first kappa shape index (κ1) is 12.1. The van der Waals surface area contributed by atoms with Crippen LogP contribution < -0.4 is 11.3 Å². The number of nitrogens with two attached hydrogens (primary N) is 1. The second-order valence-electron chi connectivity index (χ2n) is 3.20. The topological polar surface area (TPSA) is 56.5 Å². The molecule has 1 rings (SSSR count). The molecule has 0 spiro atoms. The van der Waals surface area contributed by atoms with Crippen LogP contribution in [0.25, 0.3) is 0 Å². The van der Waals surface area contributed by atoms with Gasteiger partial charge in [-0.05, 0) is 5.56 Å². The van der Waals surface area contributed by atoms with Gasteiger partial charge in [0.25, 0.3) is 0 Å². The van der Waals surface area contributed by atoms with Gasteiger partial charge in [0.2, 0.25) is 0 Å². The van der Waals surface area contributed by atoms with Crippen LogP contribution in [0.3, 0.4) is 0 Å². The van der Waals surface area contributed by atoms with Gasteiger partial charge in [-0.3, -0.25) is 11.3 Å². The van der Waals surface area contributed by atoms with E-state index in [1.165, 1.54) is 0 Å². The molecule has 1 atom stereocenters. The summed E-state index contributed by atoms with van der Waals surface area (Å²) in [6, 6.07) is 10.0. The number of benzene rings is 1. The third-order valence-corrected chi connectivity index (χ3v) is 2.12. The van der Waals surface area contributed by atoms with E-state index in [0.29, 0.717) is 19.8 Å². The van der Waals surface area contributed by atoms with E-state index >= 15 is 0 Å². The summed E-state index contributed by atoms with van der Waals surface area (Å²) in [5.41, 5.74) is 3.85. The van der Waals surface area contributed by atoms with Crippen LogP contribution in [-0.2, 0) is 9.47 Å². The molecule has 1 aromatic carbocycles. The summed E-state index contributed by atoms with van der Waals surface area (Å²) in [7, 11) is 1.65. The molecular weight excluding hydrogens is 192 g/mol. The Morgan fingerprint density at radius 1 is 1.27 bits per heavy atom. The van der Waals surface area contributed by atoms with E-state index in [1.807, 2.05) is 30.3 Å². The lowest BCUT2D eigenvalue weighted by atomic mass is 10.1. The van der Waals surface area contributed by atoms with E-state index in [-0.39, 0.29) is 6.04 Å². The van der Waals surface area contributed by atoms with Crippen molar-refractivity contribution >= 4 is 0 Å². The molecule has 0 radical (unpaired) electrons. The Morgan fingerprint density at radius 3 is 2.60 bits per heavy atom. The minimum Gasteiger partial charge on any atom is -0.382 e. The fourth-order valence-corrected chi connectivity index (χ4v) is 1.27. The van der Waals surface area contributed by atoms with Crippen molar-refractivity contribution in [2.75, 3.05) is 26.9 Å². The summed E-state index contributed by atoms with van der Waals surface area (Å²) < 4.78 is 10.3. The molecule has 0 aliphatic rings. The molecular formula is C11H18N2O2. The number of rotatable bonds is 7. The molecule has 84 valence electrons. The highest BCUT2D eigenvalue weighted by Crippen LogP contribution is 2.11. The number of methoxy groups -OCH3 is 1. The zero-order chi connectivity index (χ0) is 10.9. The summed E-state index contributed by atoms with van der Waals surface area (Å²) in [5.74, 6) is 5.46. The number of hydrogen-bond donors (Lipinski definition) is 2. The molecule has 0 heterocycles. The molecule has 4 heteroatoms. The number of hydrogen-bond acceptors (Lipinski definition) is 4. The third kappa shape index (κ3) is 4.40. The van der Waals surface area contributed by atoms with E-state index in [9.17, 15) is 0 Å². The second-order valence-corrected chi connectivity index (χ2v) is 3.20. The Kier molecular flexibility index (Phi) is 5.96. The van der Waals surface area contributed by atoms with Gasteiger partial charge in [0.05, 0.1) is 25.9 Å². The molecule has 0 aromatic heterocycles. The lowest BCUT2D eigenvalue weighted by Gasteiger charge is -2.16. The second kappa shape index (κ2) is 7.36. The lowest BCUT2D eigenvalue weighted by Crippen LogP contribution is -2.31. The van der Waals surface area contributed by atoms with Gasteiger partial charge in [-0.1, -0.05) is 30.3 Å². The van der Waals surface area contributed by atoms with E-state index in [1.54, 1.807) is 7.11 Å². The Labute approximate surface area is 90.3 Å². The summed E-state index contributed by atoms with van der Waals surface area (Å²) in [6.07, 6.45) is 0. The Hall–Kier alpha value is -0.940. The summed E-state index contributed by atoms with van der Waals surface area (Å²) in [4.78, 5) is 0. The maximum Gasteiger partial charge on any atom is 0.0701 e. The number of nitrogens with one attached hydrogen (secondary N) is 1. The lowest BCUT2D eigenvalue weighted by molar-refractivity contribution is 0.0586. The molecule has 0 saturated heterocycles. The molecule has 1 unspecified atom stereocenters. The van der Waals surface area contributed by atoms with Crippen LogP contribution in [0.15, 0.2) is 30.3 Å². The van der Waals surface area contributed by atoms with Crippen molar-refractivity contribution in [3.8, 4) is 0 Å². The predicted molar refractivity (Wildman–Crippen MR) is 59.2 cm³/mol. The monoisotopic (exact) mass is 210 g/mol. The van der Waals surface area contributed by atoms with Gasteiger partial charge in [0, 0.05) is 7.11 Å².